The van der Waals surface area contributed by atoms with Crippen molar-refractivity contribution in [1.29, 1.82) is 0 Å². The molecule has 0 N–H and O–H groups in total. The van der Waals surface area contributed by atoms with Crippen LogP contribution in [0.1, 0.15) is 12.0 Å². The minimum Gasteiger partial charge on any atom is -0.748 e. The molecule has 15 heavy (non-hydrogen) atoms. The van der Waals surface area contributed by atoms with Gasteiger partial charge < -0.3 is 9.29 Å². The second kappa shape index (κ2) is 5.14. The molecule has 0 unspecified atom stereocenters. The van der Waals surface area contributed by atoms with Crippen LogP contribution in [-0.4, -0.2) is 25.3 Å². The van der Waals surface area contributed by atoms with Crippen molar-refractivity contribution in [1.82, 2.24) is 0 Å². The zero-order valence-electron chi connectivity index (χ0n) is 8.47. The lowest BCUT2D eigenvalue weighted by Gasteiger charge is -2.08. The van der Waals surface area contributed by atoms with Gasteiger partial charge >= 0.3 is 0 Å². The van der Waals surface area contributed by atoms with Crippen molar-refractivity contribution in [2.45, 2.75) is 13.3 Å². The van der Waals surface area contributed by atoms with E-state index in [1.54, 1.807) is 12.1 Å². The Morgan fingerprint density at radius 2 is 1.87 bits per heavy atom. The lowest BCUT2D eigenvalue weighted by Crippen LogP contribution is -2.08. The average Bonchev–Trinajstić information content (AvgIpc) is 2.14. The van der Waals surface area contributed by atoms with E-state index in [4.69, 9.17) is 4.74 Å². The summed E-state index contributed by atoms with van der Waals surface area (Å²) < 4.78 is 36.1. The lowest BCUT2D eigenvalue weighted by atomic mass is 10.2. The first-order chi connectivity index (χ1) is 6.97. The van der Waals surface area contributed by atoms with E-state index in [1.807, 2.05) is 19.1 Å². The maximum atomic E-state index is 10.3. The van der Waals surface area contributed by atoms with Gasteiger partial charge in [0, 0.05) is 5.75 Å². The van der Waals surface area contributed by atoms with Gasteiger partial charge in [-0.3, -0.25) is 0 Å². The number of ether oxygens (including phenoxy) is 1. The standard InChI is InChI=1S/C10H14O4S/c1-9-3-5-10(6-4-9)14-7-2-8-15(11,12)13/h3-6H,2,7-8H2,1H3,(H,11,12,13)/p-1. The van der Waals surface area contributed by atoms with E-state index in [1.165, 1.54) is 0 Å². The van der Waals surface area contributed by atoms with Gasteiger partial charge in [0.15, 0.2) is 0 Å². The Morgan fingerprint density at radius 3 is 2.40 bits per heavy atom. The molecule has 1 aromatic rings. The molecule has 0 spiro atoms. The molecule has 1 rings (SSSR count). The molecule has 0 aliphatic carbocycles. The first kappa shape index (κ1) is 12.0. The van der Waals surface area contributed by atoms with Crippen molar-refractivity contribution in [3.63, 3.8) is 0 Å². The molecular weight excluding hydrogens is 216 g/mol. The van der Waals surface area contributed by atoms with E-state index in [9.17, 15) is 13.0 Å². The molecular formula is C10H13O4S-. The number of hydrogen-bond donors (Lipinski definition) is 0. The van der Waals surface area contributed by atoms with Gasteiger partial charge in [-0.1, -0.05) is 17.7 Å². The van der Waals surface area contributed by atoms with Gasteiger partial charge in [0.25, 0.3) is 0 Å². The predicted octanol–water partition coefficient (Wildman–Crippen LogP) is 1.31. The number of rotatable bonds is 5. The second-order valence-electron chi connectivity index (χ2n) is 3.28. The van der Waals surface area contributed by atoms with Crippen LogP contribution in [0, 0.1) is 6.92 Å². The van der Waals surface area contributed by atoms with Crippen LogP contribution >= 0.6 is 0 Å². The highest BCUT2D eigenvalue weighted by Crippen LogP contribution is 2.11. The summed E-state index contributed by atoms with van der Waals surface area (Å²) in [5, 5.41) is 0. The minimum absolute atomic E-state index is 0.222. The Morgan fingerprint density at radius 1 is 1.27 bits per heavy atom. The predicted molar refractivity (Wildman–Crippen MR) is 55.9 cm³/mol. The quantitative estimate of drug-likeness (QED) is 0.564. The Hall–Kier alpha value is -1.07. The van der Waals surface area contributed by atoms with Crippen LogP contribution in [0.15, 0.2) is 24.3 Å². The zero-order chi connectivity index (χ0) is 11.3. The molecule has 5 heteroatoms. The van der Waals surface area contributed by atoms with Crippen molar-refractivity contribution in [2.24, 2.45) is 0 Å². The highest BCUT2D eigenvalue weighted by molar-refractivity contribution is 7.85. The molecule has 0 bridgehead atoms. The summed E-state index contributed by atoms with van der Waals surface area (Å²) >= 11 is 0. The highest BCUT2D eigenvalue weighted by Gasteiger charge is 1.96. The van der Waals surface area contributed by atoms with Crippen molar-refractivity contribution >= 4 is 10.1 Å². The van der Waals surface area contributed by atoms with E-state index < -0.39 is 10.1 Å². The minimum atomic E-state index is -4.12. The van der Waals surface area contributed by atoms with Crippen molar-refractivity contribution < 1.29 is 17.7 Å². The Kier molecular flexibility index (Phi) is 4.11. The number of benzene rings is 1. The molecule has 0 aromatic heterocycles. The Balaban J connectivity index is 2.29. The van der Waals surface area contributed by atoms with Gasteiger partial charge in [-0.15, -0.1) is 0 Å². The van der Waals surface area contributed by atoms with Gasteiger partial charge in [0.1, 0.15) is 5.75 Å². The van der Waals surface area contributed by atoms with Crippen molar-refractivity contribution in [2.75, 3.05) is 12.4 Å². The average molecular weight is 229 g/mol. The normalized spacial score (nSPS) is 11.3. The molecule has 0 aliphatic heterocycles. The fourth-order valence-corrected chi connectivity index (χ4v) is 1.53. The van der Waals surface area contributed by atoms with Gasteiger partial charge in [0.2, 0.25) is 0 Å². The second-order valence-corrected chi connectivity index (χ2v) is 4.80. The first-order valence-electron chi connectivity index (χ1n) is 4.60. The monoisotopic (exact) mass is 229 g/mol. The summed E-state index contributed by atoms with van der Waals surface area (Å²) in [4.78, 5) is 0. The van der Waals surface area contributed by atoms with Crippen LogP contribution in [0.4, 0.5) is 0 Å². The molecule has 0 saturated carbocycles. The maximum absolute atomic E-state index is 10.3. The third-order valence-electron chi connectivity index (χ3n) is 1.83. The molecule has 0 radical (unpaired) electrons. The summed E-state index contributed by atoms with van der Waals surface area (Å²) in [6.07, 6.45) is 0.222. The zero-order valence-corrected chi connectivity index (χ0v) is 9.29. The molecule has 1 aromatic carbocycles. The van der Waals surface area contributed by atoms with Crippen LogP contribution < -0.4 is 4.74 Å². The van der Waals surface area contributed by atoms with Gasteiger partial charge in [-0.2, -0.15) is 0 Å². The van der Waals surface area contributed by atoms with Crippen molar-refractivity contribution in [3.8, 4) is 5.75 Å². The largest absolute Gasteiger partial charge is 0.748 e. The topological polar surface area (TPSA) is 66.4 Å². The third-order valence-corrected chi connectivity index (χ3v) is 2.62. The molecule has 0 fully saturated rings. The Bertz CT molecular complexity index is 394. The van der Waals surface area contributed by atoms with Crippen LogP contribution in [-0.2, 0) is 10.1 Å². The summed E-state index contributed by atoms with van der Waals surface area (Å²) in [5.41, 5.74) is 1.13. The summed E-state index contributed by atoms with van der Waals surface area (Å²) in [6.45, 7) is 2.21. The molecule has 84 valence electrons. The van der Waals surface area contributed by atoms with Crippen LogP contribution in [0.5, 0.6) is 5.75 Å². The molecule has 0 saturated heterocycles. The number of aryl methyl sites for hydroxylation is 1. The van der Waals surface area contributed by atoms with Gasteiger partial charge in [-0.05, 0) is 25.5 Å². The first-order valence-corrected chi connectivity index (χ1v) is 6.18. The summed E-state index contributed by atoms with van der Waals surface area (Å²) in [7, 11) is -4.12. The van der Waals surface area contributed by atoms with Crippen LogP contribution in [0.2, 0.25) is 0 Å². The summed E-state index contributed by atoms with van der Waals surface area (Å²) in [6, 6.07) is 7.42. The van der Waals surface area contributed by atoms with E-state index in [0.29, 0.717) is 5.75 Å². The van der Waals surface area contributed by atoms with E-state index in [-0.39, 0.29) is 18.8 Å². The van der Waals surface area contributed by atoms with Crippen LogP contribution in [0.3, 0.4) is 0 Å². The Labute approximate surface area is 89.6 Å². The van der Waals surface area contributed by atoms with Crippen LogP contribution in [0.25, 0.3) is 0 Å². The van der Waals surface area contributed by atoms with E-state index >= 15 is 0 Å². The molecule has 0 aliphatic rings. The molecule has 0 heterocycles. The van der Waals surface area contributed by atoms with Crippen molar-refractivity contribution in [3.05, 3.63) is 29.8 Å². The number of hydrogen-bond acceptors (Lipinski definition) is 4. The van der Waals surface area contributed by atoms with Gasteiger partial charge in [-0.25, -0.2) is 8.42 Å². The fraction of sp³-hybridized carbons (Fsp3) is 0.400. The highest BCUT2D eigenvalue weighted by atomic mass is 32.2. The molecule has 0 atom stereocenters. The van der Waals surface area contributed by atoms with Gasteiger partial charge in [0.05, 0.1) is 16.7 Å². The molecule has 4 nitrogen and oxygen atoms in total. The fourth-order valence-electron chi connectivity index (χ4n) is 1.06. The van der Waals surface area contributed by atoms with E-state index in [2.05, 4.69) is 0 Å². The SMILES string of the molecule is Cc1ccc(OCCCS(=O)(=O)[O-])cc1. The molecule has 0 amide bonds. The lowest BCUT2D eigenvalue weighted by molar-refractivity contribution is 0.315. The smallest absolute Gasteiger partial charge is 0.119 e. The maximum Gasteiger partial charge on any atom is 0.119 e. The van der Waals surface area contributed by atoms with E-state index in [0.717, 1.165) is 5.56 Å². The third kappa shape index (κ3) is 5.39. The summed E-state index contributed by atoms with van der Waals surface area (Å²) in [5.74, 6) is 0.308.